The van der Waals surface area contributed by atoms with Crippen LogP contribution in [0.25, 0.3) is 0 Å². The van der Waals surface area contributed by atoms with E-state index in [1.165, 1.54) is 21.0 Å². The van der Waals surface area contributed by atoms with Gasteiger partial charge in [0.15, 0.2) is 24.4 Å². The molecule has 0 saturated carbocycles. The van der Waals surface area contributed by atoms with Gasteiger partial charge in [0.1, 0.15) is 0 Å². The van der Waals surface area contributed by atoms with Crippen LogP contribution in [0.4, 0.5) is 0 Å². The number of rotatable bonds is 6. The zero-order valence-corrected chi connectivity index (χ0v) is 13.4. The summed E-state index contributed by atoms with van der Waals surface area (Å²) in [5.74, 6) is -1.56. The van der Waals surface area contributed by atoms with Crippen molar-refractivity contribution in [1.82, 2.24) is 0 Å². The van der Waals surface area contributed by atoms with Crippen molar-refractivity contribution >= 4 is 17.9 Å². The van der Waals surface area contributed by atoms with Crippen molar-refractivity contribution < 1.29 is 33.3 Å². The normalized spacial score (nSPS) is 26.1. The zero-order valence-electron chi connectivity index (χ0n) is 13.4. The number of carbonyl (C=O) groups excluding carboxylic acids is 3. The summed E-state index contributed by atoms with van der Waals surface area (Å²) in [7, 11) is 1.32. The molecule has 0 radical (unpaired) electrons. The Morgan fingerprint density at radius 2 is 1.82 bits per heavy atom. The highest BCUT2D eigenvalue weighted by Crippen LogP contribution is 2.26. The number of carbonyl (C=O) groups is 3. The van der Waals surface area contributed by atoms with Crippen molar-refractivity contribution in [3.05, 3.63) is 12.2 Å². The van der Waals surface area contributed by atoms with Gasteiger partial charge in [-0.3, -0.25) is 9.59 Å². The second-order valence-corrected chi connectivity index (χ2v) is 5.33. The number of ether oxygens (including phenoxy) is 4. The number of hydrogen-bond donors (Lipinski definition) is 0. The molecule has 124 valence electrons. The average molecular weight is 314 g/mol. The van der Waals surface area contributed by atoms with Crippen molar-refractivity contribution in [2.75, 3.05) is 7.11 Å². The summed E-state index contributed by atoms with van der Waals surface area (Å²) >= 11 is 0. The Kier molecular flexibility index (Phi) is 6.55. The molecule has 7 nitrogen and oxygen atoms in total. The molecule has 0 aromatic carbocycles. The van der Waals surface area contributed by atoms with Crippen LogP contribution in [-0.4, -0.2) is 49.4 Å². The largest absolute Gasteiger partial charge is 0.455 e. The molecule has 0 spiro atoms. The third-order valence-electron chi connectivity index (χ3n) is 2.97. The lowest BCUT2D eigenvalue weighted by atomic mass is 10.0. The summed E-state index contributed by atoms with van der Waals surface area (Å²) in [6.07, 6.45) is -0.380. The van der Waals surface area contributed by atoms with E-state index in [2.05, 4.69) is 0 Å². The standard InChI is InChI=1S/C15H22O7/c1-8(2)6-7-11(20-9(3)16)12-13(21-10(4)17)14(19-5)15(18)22-12/h6-8,11-14H,1-5H3/b7-6+/t11-,12+,13-,14-/m1/s1. The maximum atomic E-state index is 11.8. The van der Waals surface area contributed by atoms with Gasteiger partial charge in [-0.25, -0.2) is 4.79 Å². The van der Waals surface area contributed by atoms with Gasteiger partial charge in [-0.2, -0.15) is 0 Å². The van der Waals surface area contributed by atoms with E-state index < -0.39 is 42.3 Å². The van der Waals surface area contributed by atoms with Gasteiger partial charge in [-0.05, 0) is 12.0 Å². The van der Waals surface area contributed by atoms with Crippen molar-refractivity contribution in [3.8, 4) is 0 Å². The highest BCUT2D eigenvalue weighted by molar-refractivity contribution is 5.79. The van der Waals surface area contributed by atoms with Crippen molar-refractivity contribution in [3.63, 3.8) is 0 Å². The third kappa shape index (κ3) is 4.84. The lowest BCUT2D eigenvalue weighted by molar-refractivity contribution is -0.164. The molecule has 0 N–H and O–H groups in total. The van der Waals surface area contributed by atoms with E-state index in [1.54, 1.807) is 6.08 Å². The minimum absolute atomic E-state index is 0.209. The van der Waals surface area contributed by atoms with Gasteiger partial charge in [0.25, 0.3) is 0 Å². The Hall–Kier alpha value is -1.89. The molecule has 0 unspecified atom stereocenters. The van der Waals surface area contributed by atoms with Crippen molar-refractivity contribution in [2.45, 2.75) is 52.1 Å². The Morgan fingerprint density at radius 3 is 2.27 bits per heavy atom. The van der Waals surface area contributed by atoms with E-state index in [1.807, 2.05) is 19.9 Å². The molecule has 22 heavy (non-hydrogen) atoms. The van der Waals surface area contributed by atoms with Gasteiger partial charge in [-0.1, -0.05) is 19.9 Å². The molecule has 0 bridgehead atoms. The molecule has 1 rings (SSSR count). The topological polar surface area (TPSA) is 88.1 Å². The first-order valence-corrected chi connectivity index (χ1v) is 7.02. The van der Waals surface area contributed by atoms with Crippen molar-refractivity contribution in [1.29, 1.82) is 0 Å². The molecular formula is C15H22O7. The molecule has 0 aliphatic carbocycles. The van der Waals surface area contributed by atoms with Crippen LogP contribution in [0.5, 0.6) is 0 Å². The molecule has 1 heterocycles. The Balaban J connectivity index is 3.05. The van der Waals surface area contributed by atoms with Gasteiger partial charge >= 0.3 is 17.9 Å². The summed E-state index contributed by atoms with van der Waals surface area (Å²) in [6, 6.07) is 0. The highest BCUT2D eigenvalue weighted by Gasteiger charge is 2.51. The monoisotopic (exact) mass is 314 g/mol. The first kappa shape index (κ1) is 18.2. The molecule has 0 aromatic heterocycles. The molecular weight excluding hydrogens is 292 g/mol. The molecule has 1 aliphatic heterocycles. The maximum Gasteiger partial charge on any atom is 0.339 e. The number of allylic oxidation sites excluding steroid dienone is 1. The first-order chi connectivity index (χ1) is 10.3. The maximum absolute atomic E-state index is 11.8. The second-order valence-electron chi connectivity index (χ2n) is 5.33. The number of hydrogen-bond acceptors (Lipinski definition) is 7. The zero-order chi connectivity index (χ0) is 16.9. The molecule has 0 aromatic rings. The van der Waals surface area contributed by atoms with Gasteiger partial charge in [0.05, 0.1) is 0 Å². The van der Waals surface area contributed by atoms with E-state index in [-0.39, 0.29) is 5.92 Å². The summed E-state index contributed by atoms with van der Waals surface area (Å²) < 4.78 is 20.6. The Bertz CT molecular complexity index is 455. The Morgan fingerprint density at radius 1 is 1.18 bits per heavy atom. The van der Waals surface area contributed by atoms with Crippen molar-refractivity contribution in [2.24, 2.45) is 5.92 Å². The van der Waals surface area contributed by atoms with Crippen LogP contribution in [-0.2, 0) is 33.3 Å². The van der Waals surface area contributed by atoms with Gasteiger partial charge in [-0.15, -0.1) is 0 Å². The predicted molar refractivity (Wildman–Crippen MR) is 75.8 cm³/mol. The number of esters is 3. The van der Waals surface area contributed by atoms with E-state index in [0.29, 0.717) is 0 Å². The van der Waals surface area contributed by atoms with E-state index >= 15 is 0 Å². The van der Waals surface area contributed by atoms with Gasteiger partial charge in [0, 0.05) is 21.0 Å². The average Bonchev–Trinajstić information content (AvgIpc) is 2.69. The van der Waals surface area contributed by atoms with E-state index in [9.17, 15) is 14.4 Å². The SMILES string of the molecule is CO[C@H]1C(=O)O[C@@H]([C@@H](/C=C/C(C)C)OC(C)=O)[C@H]1OC(C)=O. The molecule has 7 heteroatoms. The quantitative estimate of drug-likeness (QED) is 0.410. The predicted octanol–water partition coefficient (Wildman–Crippen LogP) is 1.00. The number of cyclic esters (lactones) is 1. The number of methoxy groups -OCH3 is 1. The van der Waals surface area contributed by atoms with Crippen LogP contribution in [0.3, 0.4) is 0 Å². The lowest BCUT2D eigenvalue weighted by Crippen LogP contribution is -2.43. The molecule has 0 amide bonds. The lowest BCUT2D eigenvalue weighted by Gasteiger charge is -2.25. The summed E-state index contributed by atoms with van der Waals surface area (Å²) in [6.45, 7) is 6.37. The Labute approximate surface area is 129 Å². The third-order valence-corrected chi connectivity index (χ3v) is 2.97. The molecule has 4 atom stereocenters. The summed E-state index contributed by atoms with van der Waals surface area (Å²) in [4.78, 5) is 34.4. The van der Waals surface area contributed by atoms with Crippen LogP contribution in [0.2, 0.25) is 0 Å². The van der Waals surface area contributed by atoms with Crippen LogP contribution in [0, 0.1) is 5.92 Å². The molecule has 1 aliphatic rings. The fraction of sp³-hybridized carbons (Fsp3) is 0.667. The van der Waals surface area contributed by atoms with Crippen LogP contribution in [0.15, 0.2) is 12.2 Å². The summed E-state index contributed by atoms with van der Waals surface area (Å²) in [5.41, 5.74) is 0. The smallest absolute Gasteiger partial charge is 0.339 e. The fourth-order valence-electron chi connectivity index (χ4n) is 2.12. The van der Waals surface area contributed by atoms with Crippen LogP contribution in [0.1, 0.15) is 27.7 Å². The summed E-state index contributed by atoms with van der Waals surface area (Å²) in [5, 5.41) is 0. The molecule has 1 fully saturated rings. The minimum Gasteiger partial charge on any atom is -0.455 e. The first-order valence-electron chi connectivity index (χ1n) is 7.02. The van der Waals surface area contributed by atoms with Gasteiger partial charge < -0.3 is 18.9 Å². The van der Waals surface area contributed by atoms with E-state index in [4.69, 9.17) is 18.9 Å². The second kappa shape index (κ2) is 7.93. The van der Waals surface area contributed by atoms with Gasteiger partial charge in [0.2, 0.25) is 0 Å². The highest BCUT2D eigenvalue weighted by atomic mass is 16.7. The molecule has 1 saturated heterocycles. The van der Waals surface area contributed by atoms with Crippen LogP contribution >= 0.6 is 0 Å². The minimum atomic E-state index is -1.04. The van der Waals surface area contributed by atoms with E-state index in [0.717, 1.165) is 0 Å². The van der Waals surface area contributed by atoms with Crippen LogP contribution < -0.4 is 0 Å². The fourth-order valence-corrected chi connectivity index (χ4v) is 2.12.